The molecule has 0 saturated carbocycles. The van der Waals surface area contributed by atoms with E-state index in [0.29, 0.717) is 6.42 Å². The Labute approximate surface area is 103 Å². The van der Waals surface area contributed by atoms with Gasteiger partial charge in [-0.3, -0.25) is 0 Å². The summed E-state index contributed by atoms with van der Waals surface area (Å²) in [5, 5.41) is 27.5. The van der Waals surface area contributed by atoms with Crippen molar-refractivity contribution >= 4 is 7.12 Å². The van der Waals surface area contributed by atoms with Crippen molar-refractivity contribution in [2.75, 3.05) is 0 Å². The van der Waals surface area contributed by atoms with E-state index >= 15 is 0 Å². The lowest BCUT2D eigenvalue weighted by Gasteiger charge is -2.31. The minimum absolute atomic E-state index is 0.119. The fraction of sp³-hybridized carbons (Fsp3) is 0.462. The lowest BCUT2D eigenvalue weighted by Crippen LogP contribution is -2.32. The zero-order chi connectivity index (χ0) is 12.9. The van der Waals surface area contributed by atoms with Crippen molar-refractivity contribution in [2.45, 2.75) is 32.0 Å². The summed E-state index contributed by atoms with van der Waals surface area (Å²) in [4.78, 5) is 0. The van der Waals surface area contributed by atoms with Gasteiger partial charge >= 0.3 is 7.12 Å². The average Bonchev–Trinajstić information content (AvgIpc) is 2.31. The van der Waals surface area contributed by atoms with Crippen molar-refractivity contribution in [3.05, 3.63) is 35.9 Å². The van der Waals surface area contributed by atoms with Crippen LogP contribution in [0, 0.1) is 17.2 Å². The van der Waals surface area contributed by atoms with Crippen LogP contribution >= 0.6 is 0 Å². The van der Waals surface area contributed by atoms with Gasteiger partial charge in [-0.15, -0.1) is 0 Å². The van der Waals surface area contributed by atoms with Crippen molar-refractivity contribution in [1.82, 2.24) is 0 Å². The van der Waals surface area contributed by atoms with Gasteiger partial charge in [0.15, 0.2) is 0 Å². The second kappa shape index (κ2) is 5.86. The first-order valence-corrected chi connectivity index (χ1v) is 5.86. The Morgan fingerprint density at radius 1 is 1.29 bits per heavy atom. The molecule has 0 fully saturated rings. The van der Waals surface area contributed by atoms with E-state index in [1.165, 1.54) is 0 Å². The number of nitrogens with zero attached hydrogens (tertiary/aromatic N) is 1. The van der Waals surface area contributed by atoms with Gasteiger partial charge in [0.1, 0.15) is 0 Å². The summed E-state index contributed by atoms with van der Waals surface area (Å²) >= 11 is 0. The first kappa shape index (κ1) is 13.8. The molecule has 0 aliphatic heterocycles. The van der Waals surface area contributed by atoms with Crippen molar-refractivity contribution in [3.8, 4) is 6.07 Å². The monoisotopic (exact) mass is 231 g/mol. The maximum Gasteiger partial charge on any atom is 0.451 e. The molecule has 0 aliphatic carbocycles. The van der Waals surface area contributed by atoms with E-state index in [2.05, 4.69) is 6.07 Å². The zero-order valence-corrected chi connectivity index (χ0v) is 10.3. The van der Waals surface area contributed by atoms with E-state index in [-0.39, 0.29) is 12.2 Å². The Hall–Kier alpha value is -1.31. The van der Waals surface area contributed by atoms with Crippen LogP contribution in [0.25, 0.3) is 0 Å². The predicted molar refractivity (Wildman–Crippen MR) is 68.2 cm³/mol. The molecule has 3 nitrogen and oxygen atoms in total. The third kappa shape index (κ3) is 3.09. The lowest BCUT2D eigenvalue weighted by atomic mass is 9.65. The first-order valence-electron chi connectivity index (χ1n) is 5.86. The Kier molecular flexibility index (Phi) is 4.74. The van der Waals surface area contributed by atoms with E-state index in [1.54, 1.807) is 0 Å². The molecule has 2 N–H and O–H groups in total. The molecule has 0 saturated heterocycles. The minimum Gasteiger partial charge on any atom is -0.427 e. The molecule has 0 heterocycles. The highest BCUT2D eigenvalue weighted by Crippen LogP contribution is 2.36. The van der Waals surface area contributed by atoms with Crippen LogP contribution in [0.3, 0.4) is 0 Å². The molecule has 0 bridgehead atoms. The summed E-state index contributed by atoms with van der Waals surface area (Å²) in [5.74, 6) is 0.119. The molecule has 1 aromatic rings. The summed E-state index contributed by atoms with van der Waals surface area (Å²) in [5.41, 5.74) is 0.295. The maximum atomic E-state index is 9.50. The van der Waals surface area contributed by atoms with Crippen molar-refractivity contribution in [1.29, 1.82) is 5.26 Å². The van der Waals surface area contributed by atoms with E-state index in [1.807, 2.05) is 44.2 Å². The molecule has 17 heavy (non-hydrogen) atoms. The van der Waals surface area contributed by atoms with Crippen LogP contribution in [0.2, 0.25) is 6.32 Å². The Bertz CT molecular complexity index is 386. The summed E-state index contributed by atoms with van der Waals surface area (Å²) in [6.45, 7) is 3.97. The molecule has 90 valence electrons. The second-order valence-electron chi connectivity index (χ2n) is 4.62. The Morgan fingerprint density at radius 3 is 2.29 bits per heavy atom. The highest BCUT2D eigenvalue weighted by atomic mass is 16.4. The number of benzene rings is 1. The van der Waals surface area contributed by atoms with Gasteiger partial charge in [0.2, 0.25) is 0 Å². The summed E-state index contributed by atoms with van der Waals surface area (Å²) in [6.07, 6.45) is 0.656. The summed E-state index contributed by atoms with van der Waals surface area (Å²) < 4.78 is 0. The predicted octanol–water partition coefficient (Wildman–Crippen LogP) is 1.97. The fourth-order valence-corrected chi connectivity index (χ4v) is 2.11. The smallest absolute Gasteiger partial charge is 0.427 e. The number of hydrogen-bond donors (Lipinski definition) is 2. The number of hydrogen-bond acceptors (Lipinski definition) is 3. The molecule has 0 aromatic heterocycles. The van der Waals surface area contributed by atoms with E-state index in [4.69, 9.17) is 10.0 Å². The fourth-order valence-electron chi connectivity index (χ4n) is 2.11. The van der Waals surface area contributed by atoms with Crippen LogP contribution in [0.1, 0.15) is 25.8 Å². The first-order chi connectivity index (χ1) is 8.03. The molecule has 1 atom stereocenters. The minimum atomic E-state index is -1.36. The molecule has 0 aliphatic rings. The molecular weight excluding hydrogens is 213 g/mol. The second-order valence-corrected chi connectivity index (χ2v) is 4.62. The van der Waals surface area contributed by atoms with Crippen LogP contribution in [0.4, 0.5) is 0 Å². The zero-order valence-electron chi connectivity index (χ0n) is 10.3. The summed E-state index contributed by atoms with van der Waals surface area (Å²) in [6, 6.07) is 11.9. The molecule has 1 rings (SSSR count). The van der Waals surface area contributed by atoms with Gasteiger partial charge in [0.25, 0.3) is 0 Å². The third-order valence-electron chi connectivity index (χ3n) is 3.27. The molecule has 0 amide bonds. The Balaban J connectivity index is 3.06. The average molecular weight is 231 g/mol. The van der Waals surface area contributed by atoms with Crippen molar-refractivity contribution < 1.29 is 10.0 Å². The SMILES string of the molecule is CC(C)C(C#N)(CCB(O)O)c1ccccc1. The highest BCUT2D eigenvalue weighted by molar-refractivity contribution is 6.40. The number of rotatable bonds is 5. The van der Waals surface area contributed by atoms with Crippen molar-refractivity contribution in [2.24, 2.45) is 5.92 Å². The molecule has 1 unspecified atom stereocenters. The van der Waals surface area contributed by atoms with Crippen LogP contribution in [0.5, 0.6) is 0 Å². The third-order valence-corrected chi connectivity index (χ3v) is 3.27. The van der Waals surface area contributed by atoms with Gasteiger partial charge in [-0.1, -0.05) is 44.2 Å². The van der Waals surface area contributed by atoms with E-state index in [0.717, 1.165) is 5.56 Å². The van der Waals surface area contributed by atoms with Crippen LogP contribution in [0.15, 0.2) is 30.3 Å². The molecular formula is C13H18BNO2. The van der Waals surface area contributed by atoms with Gasteiger partial charge in [0, 0.05) is 0 Å². The molecule has 1 aromatic carbocycles. The van der Waals surface area contributed by atoms with Crippen molar-refractivity contribution in [3.63, 3.8) is 0 Å². The largest absolute Gasteiger partial charge is 0.451 e. The number of nitriles is 1. The molecule has 0 spiro atoms. The lowest BCUT2D eigenvalue weighted by molar-refractivity contribution is 0.353. The Morgan fingerprint density at radius 2 is 1.88 bits per heavy atom. The van der Waals surface area contributed by atoms with Gasteiger partial charge in [-0.25, -0.2) is 0 Å². The van der Waals surface area contributed by atoms with Crippen LogP contribution in [-0.2, 0) is 5.41 Å². The summed E-state index contributed by atoms with van der Waals surface area (Å²) in [7, 11) is -1.36. The quantitative estimate of drug-likeness (QED) is 0.761. The maximum absolute atomic E-state index is 9.50. The van der Waals surface area contributed by atoms with Gasteiger partial charge in [-0.2, -0.15) is 5.26 Å². The van der Waals surface area contributed by atoms with Gasteiger partial charge in [0.05, 0.1) is 11.5 Å². The molecule has 4 heteroatoms. The van der Waals surface area contributed by atoms with E-state index in [9.17, 15) is 5.26 Å². The normalized spacial score (nSPS) is 14.1. The standard InChI is InChI=1S/C13H18BNO2/c1-11(2)13(10-15,8-9-14(16)17)12-6-4-3-5-7-12/h3-7,11,16-17H,8-9H2,1-2H3. The highest BCUT2D eigenvalue weighted by Gasteiger charge is 2.36. The van der Waals surface area contributed by atoms with Gasteiger partial charge < -0.3 is 10.0 Å². The van der Waals surface area contributed by atoms with Gasteiger partial charge in [-0.05, 0) is 24.2 Å². The van der Waals surface area contributed by atoms with Crippen LogP contribution in [-0.4, -0.2) is 17.2 Å². The topological polar surface area (TPSA) is 64.2 Å². The molecule has 0 radical (unpaired) electrons. The van der Waals surface area contributed by atoms with E-state index < -0.39 is 12.5 Å². The van der Waals surface area contributed by atoms with Crippen LogP contribution < -0.4 is 0 Å².